The molecule has 0 aromatic rings. The van der Waals surface area contributed by atoms with Crippen molar-refractivity contribution in [2.45, 2.75) is 71.8 Å². The highest BCUT2D eigenvalue weighted by atomic mass is 16.3. The molecule has 2 rings (SSSR count). The van der Waals surface area contributed by atoms with E-state index < -0.39 is 0 Å². The largest absolute Gasteiger partial charge is 0.393 e. The molecule has 1 heteroatoms. The van der Waals surface area contributed by atoms with Crippen molar-refractivity contribution in [3.05, 3.63) is 0 Å². The maximum Gasteiger partial charge on any atom is 0.0571 e. The standard InChI is InChI=1S/C16H30O/c1-11(2)13-7-8-16(17)15(10-13)14-6-4-5-12(3)9-14/h11-17H,4-10H2,1-3H3. The molecule has 5 atom stereocenters. The van der Waals surface area contributed by atoms with Gasteiger partial charge in [-0.15, -0.1) is 0 Å². The van der Waals surface area contributed by atoms with E-state index in [2.05, 4.69) is 20.8 Å². The van der Waals surface area contributed by atoms with Gasteiger partial charge in [0.25, 0.3) is 0 Å². The van der Waals surface area contributed by atoms with Crippen LogP contribution in [0.3, 0.4) is 0 Å². The van der Waals surface area contributed by atoms with Gasteiger partial charge in [-0.1, -0.05) is 40.0 Å². The summed E-state index contributed by atoms with van der Waals surface area (Å²) < 4.78 is 0. The molecule has 17 heavy (non-hydrogen) atoms. The van der Waals surface area contributed by atoms with E-state index in [4.69, 9.17) is 0 Å². The lowest BCUT2D eigenvalue weighted by Crippen LogP contribution is -2.37. The number of aliphatic hydroxyl groups is 1. The van der Waals surface area contributed by atoms with Gasteiger partial charge in [-0.05, 0) is 55.3 Å². The summed E-state index contributed by atoms with van der Waals surface area (Å²) >= 11 is 0. The first-order valence-electron chi connectivity index (χ1n) is 7.76. The van der Waals surface area contributed by atoms with E-state index in [-0.39, 0.29) is 6.10 Å². The Kier molecular flexibility index (Phi) is 4.52. The van der Waals surface area contributed by atoms with Gasteiger partial charge >= 0.3 is 0 Å². The summed E-state index contributed by atoms with van der Waals surface area (Å²) in [6.07, 6.45) is 9.13. The molecule has 2 aliphatic carbocycles. The maximum atomic E-state index is 10.3. The Morgan fingerprint density at radius 3 is 2.41 bits per heavy atom. The van der Waals surface area contributed by atoms with Crippen LogP contribution < -0.4 is 0 Å². The molecule has 1 N–H and O–H groups in total. The summed E-state index contributed by atoms with van der Waals surface area (Å²) in [7, 11) is 0. The summed E-state index contributed by atoms with van der Waals surface area (Å²) in [4.78, 5) is 0. The molecule has 0 aromatic carbocycles. The molecule has 2 fully saturated rings. The minimum absolute atomic E-state index is 0.000278. The van der Waals surface area contributed by atoms with Crippen molar-refractivity contribution in [1.29, 1.82) is 0 Å². The number of hydrogen-bond acceptors (Lipinski definition) is 1. The Morgan fingerprint density at radius 1 is 1.00 bits per heavy atom. The monoisotopic (exact) mass is 238 g/mol. The molecule has 0 bridgehead atoms. The van der Waals surface area contributed by atoms with Crippen molar-refractivity contribution in [2.24, 2.45) is 29.6 Å². The SMILES string of the molecule is CC1CCCC(C2CC(C(C)C)CCC2O)C1. The van der Waals surface area contributed by atoms with Gasteiger partial charge in [-0.2, -0.15) is 0 Å². The normalized spacial score (nSPS) is 43.9. The third-order valence-electron chi connectivity index (χ3n) is 5.43. The predicted octanol–water partition coefficient (Wildman–Crippen LogP) is 4.25. The van der Waals surface area contributed by atoms with Gasteiger partial charge in [0.2, 0.25) is 0 Å². The van der Waals surface area contributed by atoms with Crippen LogP contribution in [-0.2, 0) is 0 Å². The Hall–Kier alpha value is -0.0400. The summed E-state index contributed by atoms with van der Waals surface area (Å²) in [5.74, 6) is 3.97. The van der Waals surface area contributed by atoms with Crippen LogP contribution >= 0.6 is 0 Å². The van der Waals surface area contributed by atoms with Crippen molar-refractivity contribution in [3.8, 4) is 0 Å². The Balaban J connectivity index is 1.96. The van der Waals surface area contributed by atoms with Crippen molar-refractivity contribution in [1.82, 2.24) is 0 Å². The van der Waals surface area contributed by atoms with Crippen LogP contribution in [0.25, 0.3) is 0 Å². The fraction of sp³-hybridized carbons (Fsp3) is 1.00. The third kappa shape index (κ3) is 3.24. The van der Waals surface area contributed by atoms with Crippen LogP contribution in [0.2, 0.25) is 0 Å². The van der Waals surface area contributed by atoms with Crippen LogP contribution in [0.4, 0.5) is 0 Å². The van der Waals surface area contributed by atoms with Crippen molar-refractivity contribution >= 4 is 0 Å². The topological polar surface area (TPSA) is 20.2 Å². The first kappa shape index (κ1) is 13.4. The lowest BCUT2D eigenvalue weighted by atomic mass is 9.65. The fourth-order valence-electron chi connectivity index (χ4n) is 4.21. The zero-order valence-corrected chi connectivity index (χ0v) is 11.9. The Morgan fingerprint density at radius 2 is 1.76 bits per heavy atom. The Bertz CT molecular complexity index is 236. The first-order valence-corrected chi connectivity index (χ1v) is 7.76. The molecule has 0 amide bonds. The van der Waals surface area contributed by atoms with Gasteiger partial charge in [0.1, 0.15) is 0 Å². The molecule has 0 heterocycles. The highest BCUT2D eigenvalue weighted by Gasteiger charge is 2.36. The van der Waals surface area contributed by atoms with Crippen LogP contribution in [0.15, 0.2) is 0 Å². The van der Waals surface area contributed by atoms with Crippen molar-refractivity contribution in [2.75, 3.05) is 0 Å². The third-order valence-corrected chi connectivity index (χ3v) is 5.43. The lowest BCUT2D eigenvalue weighted by molar-refractivity contribution is -0.00654. The van der Waals surface area contributed by atoms with Gasteiger partial charge in [0.05, 0.1) is 6.10 Å². The van der Waals surface area contributed by atoms with Crippen LogP contribution in [-0.4, -0.2) is 11.2 Å². The molecule has 0 aromatic heterocycles. The molecular formula is C16H30O. The van der Waals surface area contributed by atoms with Crippen LogP contribution in [0, 0.1) is 29.6 Å². The molecule has 0 saturated heterocycles. The second-order valence-electron chi connectivity index (χ2n) is 7.08. The van der Waals surface area contributed by atoms with Crippen molar-refractivity contribution in [3.63, 3.8) is 0 Å². The molecule has 2 saturated carbocycles. The summed E-state index contributed by atoms with van der Waals surface area (Å²) in [6.45, 7) is 7.09. The zero-order valence-electron chi connectivity index (χ0n) is 11.9. The summed E-state index contributed by atoms with van der Waals surface area (Å²) in [6, 6.07) is 0. The molecule has 2 aliphatic rings. The van der Waals surface area contributed by atoms with Crippen molar-refractivity contribution < 1.29 is 5.11 Å². The van der Waals surface area contributed by atoms with E-state index in [0.717, 1.165) is 30.1 Å². The number of rotatable bonds is 2. The van der Waals surface area contributed by atoms with Gasteiger partial charge < -0.3 is 5.11 Å². The minimum Gasteiger partial charge on any atom is -0.393 e. The average Bonchev–Trinajstić information content (AvgIpc) is 2.29. The Labute approximate surface area is 107 Å². The van der Waals surface area contributed by atoms with E-state index in [0.29, 0.717) is 5.92 Å². The smallest absolute Gasteiger partial charge is 0.0571 e. The predicted molar refractivity (Wildman–Crippen MR) is 72.8 cm³/mol. The van der Waals surface area contributed by atoms with Crippen LogP contribution in [0.5, 0.6) is 0 Å². The van der Waals surface area contributed by atoms with Gasteiger partial charge in [-0.25, -0.2) is 0 Å². The number of hydrogen-bond donors (Lipinski definition) is 1. The summed E-state index contributed by atoms with van der Waals surface area (Å²) in [5.41, 5.74) is 0. The van der Waals surface area contributed by atoms with E-state index >= 15 is 0 Å². The molecule has 1 nitrogen and oxygen atoms in total. The highest BCUT2D eigenvalue weighted by Crippen LogP contribution is 2.43. The molecule has 5 unspecified atom stereocenters. The maximum absolute atomic E-state index is 10.3. The summed E-state index contributed by atoms with van der Waals surface area (Å²) in [5, 5.41) is 10.3. The van der Waals surface area contributed by atoms with E-state index in [1.165, 1.54) is 38.5 Å². The first-order chi connectivity index (χ1) is 8.08. The average molecular weight is 238 g/mol. The molecule has 0 spiro atoms. The molecule has 0 aliphatic heterocycles. The van der Waals surface area contributed by atoms with E-state index in [9.17, 15) is 5.11 Å². The van der Waals surface area contributed by atoms with Gasteiger partial charge in [0.15, 0.2) is 0 Å². The van der Waals surface area contributed by atoms with E-state index in [1.807, 2.05) is 0 Å². The molecule has 0 radical (unpaired) electrons. The second kappa shape index (κ2) is 5.73. The fourth-order valence-corrected chi connectivity index (χ4v) is 4.21. The molecule has 100 valence electrons. The van der Waals surface area contributed by atoms with Crippen LogP contribution in [0.1, 0.15) is 65.7 Å². The van der Waals surface area contributed by atoms with Gasteiger partial charge in [-0.3, -0.25) is 0 Å². The highest BCUT2D eigenvalue weighted by molar-refractivity contribution is 4.87. The van der Waals surface area contributed by atoms with E-state index in [1.54, 1.807) is 0 Å². The zero-order chi connectivity index (χ0) is 12.4. The molecular weight excluding hydrogens is 208 g/mol. The minimum atomic E-state index is 0.000278. The van der Waals surface area contributed by atoms with Gasteiger partial charge in [0, 0.05) is 0 Å². The quantitative estimate of drug-likeness (QED) is 0.762. The second-order valence-corrected chi connectivity index (χ2v) is 7.08. The number of aliphatic hydroxyl groups excluding tert-OH is 1. The lowest BCUT2D eigenvalue weighted by Gasteiger charge is -2.42.